The third-order valence-electron chi connectivity index (χ3n) is 3.52. The lowest BCUT2D eigenvalue weighted by Gasteiger charge is -2.32. The average molecular weight is 255 g/mol. The normalized spacial score (nSPS) is 17.4. The molecule has 1 amide bonds. The monoisotopic (exact) mass is 255 g/mol. The predicted molar refractivity (Wildman–Crippen MR) is 75.6 cm³/mol. The topological polar surface area (TPSA) is 35.6 Å². The molecular formula is C14H29N3O. The van der Waals surface area contributed by atoms with Gasteiger partial charge in [-0.3, -0.25) is 4.79 Å². The number of piperazine rings is 1. The maximum atomic E-state index is 11.9. The van der Waals surface area contributed by atoms with Crippen LogP contribution in [-0.4, -0.2) is 62.0 Å². The first kappa shape index (κ1) is 15.4. The van der Waals surface area contributed by atoms with Crippen molar-refractivity contribution in [2.75, 3.05) is 46.3 Å². The van der Waals surface area contributed by atoms with Crippen molar-refractivity contribution in [3.05, 3.63) is 0 Å². The van der Waals surface area contributed by atoms with E-state index in [9.17, 15) is 4.79 Å². The van der Waals surface area contributed by atoms with Crippen LogP contribution in [-0.2, 0) is 4.79 Å². The summed E-state index contributed by atoms with van der Waals surface area (Å²) in [4.78, 5) is 16.1. The molecule has 106 valence electrons. The van der Waals surface area contributed by atoms with Crippen LogP contribution in [0.3, 0.4) is 0 Å². The Hall–Kier alpha value is -0.610. The minimum absolute atomic E-state index is 0.256. The van der Waals surface area contributed by atoms with Gasteiger partial charge in [-0.25, -0.2) is 0 Å². The van der Waals surface area contributed by atoms with Crippen LogP contribution in [0.5, 0.6) is 0 Å². The first-order chi connectivity index (χ1) is 8.59. The van der Waals surface area contributed by atoms with Crippen molar-refractivity contribution in [1.82, 2.24) is 15.1 Å². The Balaban J connectivity index is 2.00. The molecule has 0 aromatic rings. The van der Waals surface area contributed by atoms with Crippen LogP contribution in [0.1, 0.15) is 33.1 Å². The second-order valence-electron chi connectivity index (χ2n) is 5.75. The molecule has 1 rings (SSSR count). The van der Waals surface area contributed by atoms with E-state index in [-0.39, 0.29) is 5.91 Å². The SMILES string of the molecule is CC(C)CCCCNCC(=O)N1CCN(C)CC1. The minimum atomic E-state index is 0.256. The van der Waals surface area contributed by atoms with Crippen molar-refractivity contribution in [3.63, 3.8) is 0 Å². The van der Waals surface area contributed by atoms with Crippen LogP contribution in [0, 0.1) is 5.92 Å². The molecule has 0 radical (unpaired) electrons. The van der Waals surface area contributed by atoms with E-state index in [2.05, 4.69) is 31.1 Å². The number of nitrogens with one attached hydrogen (secondary N) is 1. The van der Waals surface area contributed by atoms with Gasteiger partial charge in [-0.2, -0.15) is 0 Å². The van der Waals surface area contributed by atoms with Crippen molar-refractivity contribution >= 4 is 5.91 Å². The lowest BCUT2D eigenvalue weighted by Crippen LogP contribution is -2.49. The van der Waals surface area contributed by atoms with Gasteiger partial charge in [0.2, 0.25) is 5.91 Å². The summed E-state index contributed by atoms with van der Waals surface area (Å²) in [6, 6.07) is 0. The van der Waals surface area contributed by atoms with Gasteiger partial charge in [0.05, 0.1) is 6.54 Å². The van der Waals surface area contributed by atoms with Gasteiger partial charge in [0, 0.05) is 26.2 Å². The van der Waals surface area contributed by atoms with Crippen LogP contribution < -0.4 is 5.32 Å². The Labute approximate surface area is 112 Å². The number of amides is 1. The zero-order chi connectivity index (χ0) is 13.4. The van der Waals surface area contributed by atoms with E-state index in [1.807, 2.05) is 4.90 Å². The van der Waals surface area contributed by atoms with Gasteiger partial charge in [-0.05, 0) is 25.9 Å². The van der Waals surface area contributed by atoms with Crippen molar-refractivity contribution < 1.29 is 4.79 Å². The van der Waals surface area contributed by atoms with E-state index in [4.69, 9.17) is 0 Å². The number of likely N-dealkylation sites (N-methyl/N-ethyl adjacent to an activating group) is 1. The minimum Gasteiger partial charge on any atom is -0.339 e. The lowest BCUT2D eigenvalue weighted by molar-refractivity contribution is -0.131. The average Bonchev–Trinajstić information content (AvgIpc) is 2.34. The molecule has 1 fully saturated rings. The predicted octanol–water partition coefficient (Wildman–Crippen LogP) is 1.18. The number of unbranched alkanes of at least 4 members (excludes halogenated alkanes) is 1. The zero-order valence-electron chi connectivity index (χ0n) is 12.2. The summed E-state index contributed by atoms with van der Waals surface area (Å²) in [7, 11) is 2.11. The summed E-state index contributed by atoms with van der Waals surface area (Å²) in [6.07, 6.45) is 3.72. The fraction of sp³-hybridized carbons (Fsp3) is 0.929. The largest absolute Gasteiger partial charge is 0.339 e. The van der Waals surface area contributed by atoms with Crippen LogP contribution in [0.15, 0.2) is 0 Å². The molecule has 1 aliphatic rings. The summed E-state index contributed by atoms with van der Waals surface area (Å²) in [5, 5.41) is 3.26. The number of carbonyl (C=O) groups excluding carboxylic acids is 1. The highest BCUT2D eigenvalue weighted by Crippen LogP contribution is 2.05. The molecule has 0 unspecified atom stereocenters. The summed E-state index contributed by atoms with van der Waals surface area (Å²) in [5.41, 5.74) is 0. The third-order valence-corrected chi connectivity index (χ3v) is 3.52. The number of carbonyl (C=O) groups is 1. The Kier molecular flexibility index (Phi) is 7.28. The zero-order valence-corrected chi connectivity index (χ0v) is 12.2. The fourth-order valence-electron chi connectivity index (χ4n) is 2.17. The Morgan fingerprint density at radius 2 is 1.83 bits per heavy atom. The number of hydrogen-bond donors (Lipinski definition) is 1. The molecule has 0 atom stereocenters. The van der Waals surface area contributed by atoms with Crippen LogP contribution >= 0.6 is 0 Å². The smallest absolute Gasteiger partial charge is 0.236 e. The van der Waals surface area contributed by atoms with Gasteiger partial charge >= 0.3 is 0 Å². The quantitative estimate of drug-likeness (QED) is 0.694. The molecule has 0 aromatic heterocycles. The van der Waals surface area contributed by atoms with Gasteiger partial charge in [-0.1, -0.05) is 26.7 Å². The van der Waals surface area contributed by atoms with E-state index in [1.165, 1.54) is 19.3 Å². The molecule has 0 spiro atoms. The molecule has 0 bridgehead atoms. The van der Waals surface area contributed by atoms with Crippen LogP contribution in [0.2, 0.25) is 0 Å². The first-order valence-electron chi connectivity index (χ1n) is 7.26. The summed E-state index contributed by atoms with van der Waals surface area (Å²) in [6.45, 7) is 9.74. The molecular weight excluding hydrogens is 226 g/mol. The van der Waals surface area contributed by atoms with Crippen molar-refractivity contribution in [2.24, 2.45) is 5.92 Å². The van der Waals surface area contributed by atoms with Gasteiger partial charge in [0.15, 0.2) is 0 Å². The highest BCUT2D eigenvalue weighted by Gasteiger charge is 2.17. The molecule has 18 heavy (non-hydrogen) atoms. The Morgan fingerprint density at radius 3 is 2.44 bits per heavy atom. The van der Waals surface area contributed by atoms with Gasteiger partial charge in [-0.15, -0.1) is 0 Å². The molecule has 4 nitrogen and oxygen atoms in total. The molecule has 1 saturated heterocycles. The third kappa shape index (κ3) is 6.36. The summed E-state index contributed by atoms with van der Waals surface area (Å²) < 4.78 is 0. The molecule has 1 aliphatic heterocycles. The fourth-order valence-corrected chi connectivity index (χ4v) is 2.17. The van der Waals surface area contributed by atoms with Crippen LogP contribution in [0.4, 0.5) is 0 Å². The van der Waals surface area contributed by atoms with E-state index < -0.39 is 0 Å². The molecule has 0 saturated carbocycles. The highest BCUT2D eigenvalue weighted by atomic mass is 16.2. The Morgan fingerprint density at radius 1 is 1.17 bits per heavy atom. The first-order valence-corrected chi connectivity index (χ1v) is 7.26. The molecule has 0 aromatic carbocycles. The van der Waals surface area contributed by atoms with Crippen molar-refractivity contribution in [1.29, 1.82) is 0 Å². The molecule has 0 aliphatic carbocycles. The number of hydrogen-bond acceptors (Lipinski definition) is 3. The van der Waals surface area contributed by atoms with E-state index >= 15 is 0 Å². The second-order valence-corrected chi connectivity index (χ2v) is 5.75. The van der Waals surface area contributed by atoms with Gasteiger partial charge in [0.1, 0.15) is 0 Å². The van der Waals surface area contributed by atoms with E-state index in [0.29, 0.717) is 6.54 Å². The van der Waals surface area contributed by atoms with Crippen molar-refractivity contribution in [2.45, 2.75) is 33.1 Å². The van der Waals surface area contributed by atoms with E-state index in [1.54, 1.807) is 0 Å². The van der Waals surface area contributed by atoms with E-state index in [0.717, 1.165) is 38.6 Å². The second kappa shape index (κ2) is 8.48. The highest BCUT2D eigenvalue weighted by molar-refractivity contribution is 5.78. The summed E-state index contributed by atoms with van der Waals surface area (Å²) >= 11 is 0. The maximum absolute atomic E-state index is 11.9. The molecule has 4 heteroatoms. The molecule has 1 heterocycles. The number of nitrogens with zero attached hydrogens (tertiary/aromatic N) is 2. The Bertz CT molecular complexity index is 235. The summed E-state index contributed by atoms with van der Waals surface area (Å²) in [5.74, 6) is 1.05. The standard InChI is InChI=1S/C14H29N3O/c1-13(2)6-4-5-7-15-12-14(18)17-10-8-16(3)9-11-17/h13,15H,4-12H2,1-3H3. The molecule has 1 N–H and O–H groups in total. The van der Waals surface area contributed by atoms with Crippen LogP contribution in [0.25, 0.3) is 0 Å². The maximum Gasteiger partial charge on any atom is 0.236 e. The van der Waals surface area contributed by atoms with Gasteiger partial charge < -0.3 is 15.1 Å². The lowest BCUT2D eigenvalue weighted by atomic mass is 10.1. The number of rotatable bonds is 7. The van der Waals surface area contributed by atoms with Crippen molar-refractivity contribution in [3.8, 4) is 0 Å². The van der Waals surface area contributed by atoms with Gasteiger partial charge in [0.25, 0.3) is 0 Å².